The normalized spacial score (nSPS) is 0. The Labute approximate surface area is 41.6 Å². The molecular weight excluding hydrogens is 113 g/mol. The molecule has 0 aliphatic heterocycles. The van der Waals surface area contributed by atoms with Crippen LogP contribution in [0.1, 0.15) is 0 Å². The second kappa shape index (κ2) is 10500. The molecule has 0 heterocycles. The molecule has 6 heteroatoms. The second-order valence-electron chi connectivity index (χ2n) is 0. The van der Waals surface area contributed by atoms with Crippen molar-refractivity contribution < 1.29 is 34.3 Å². The maximum absolute atomic E-state index is 0. The zero-order chi connectivity index (χ0) is 0. The van der Waals surface area contributed by atoms with E-state index in [1.807, 2.05) is 0 Å². The Hall–Kier alpha value is 0.0900. The molecule has 6 heavy (non-hydrogen) atoms. The van der Waals surface area contributed by atoms with E-state index in [-0.39, 0.29) is 40.5 Å². The van der Waals surface area contributed by atoms with E-state index in [1.165, 1.54) is 0 Å². The molecule has 5 nitrogen and oxygen atoms in total. The minimum Gasteiger partial charge on any atom is -1.00 e. The summed E-state index contributed by atoms with van der Waals surface area (Å²) in [7, 11) is 0. The standard InChI is InChI=1S/ClH.H3N.4H2O/h1H;1H3;4*1H2. The van der Waals surface area contributed by atoms with Gasteiger partial charge in [-0.1, -0.05) is 0 Å². The molecule has 0 aromatic heterocycles. The Kier molecular flexibility index (Phi) is 34100000. The van der Waals surface area contributed by atoms with Gasteiger partial charge in [-0.25, -0.2) is 0 Å². The zero-order valence-corrected chi connectivity index (χ0v) is 4.13. The predicted octanol–water partition coefficient (Wildman–Crippen LogP) is -5.92. The van der Waals surface area contributed by atoms with Crippen LogP contribution in [0.4, 0.5) is 0 Å². The van der Waals surface area contributed by atoms with Gasteiger partial charge in [0, 0.05) is 0 Å². The van der Waals surface area contributed by atoms with Crippen molar-refractivity contribution in [3.63, 3.8) is 0 Å². The lowest BCUT2D eigenvalue weighted by Gasteiger charge is -1.00. The third-order valence-corrected chi connectivity index (χ3v) is 0. The molecule has 0 aliphatic rings. The summed E-state index contributed by atoms with van der Waals surface area (Å²) in [6, 6.07) is 0. The largest absolute Gasteiger partial charge is 1.00 e. The fraction of sp³-hybridized carbons (Fsp3) is 0. The molecule has 0 fully saturated rings. The van der Waals surface area contributed by atoms with Gasteiger partial charge >= 0.3 is 0 Å². The zero-order valence-electron chi connectivity index (χ0n) is 3.38. The van der Waals surface area contributed by atoms with Gasteiger partial charge in [0.1, 0.15) is 0 Å². The number of quaternary nitrogens is 1. The smallest absolute Gasteiger partial charge is 0.369 e. The fourth-order valence-corrected chi connectivity index (χ4v) is 0. The molecule has 0 amide bonds. The summed E-state index contributed by atoms with van der Waals surface area (Å²) in [5.74, 6) is 0. The van der Waals surface area contributed by atoms with Crippen molar-refractivity contribution in [2.45, 2.75) is 0 Å². The number of rotatable bonds is 0. The van der Waals surface area contributed by atoms with E-state index >= 15 is 0 Å². The first kappa shape index (κ1) is 19500. The van der Waals surface area contributed by atoms with E-state index in [9.17, 15) is 0 Å². The van der Waals surface area contributed by atoms with Gasteiger partial charge in [0.2, 0.25) is 0 Å². The van der Waals surface area contributed by atoms with Crippen molar-refractivity contribution in [1.29, 1.82) is 0 Å². The highest BCUT2D eigenvalue weighted by atomic mass is 35.5. The first-order valence-electron chi connectivity index (χ1n) is 0. The van der Waals surface area contributed by atoms with E-state index in [2.05, 4.69) is 0 Å². The van der Waals surface area contributed by atoms with Crippen molar-refractivity contribution in [1.82, 2.24) is 6.15 Å². The number of halogens is 1. The number of hydrogen-bond donors (Lipinski definition) is 1. The fourth-order valence-electron chi connectivity index (χ4n) is 0. The molecule has 0 rings (SSSR count). The molecule has 12 N–H and O–H groups in total. The molecule has 0 saturated carbocycles. The lowest BCUT2D eigenvalue weighted by atomic mass is 14.0. The van der Waals surface area contributed by atoms with Crippen LogP contribution in [0.25, 0.3) is 0 Å². The van der Waals surface area contributed by atoms with Gasteiger partial charge in [0.25, 0.3) is 0 Å². The molecule has 0 saturated heterocycles. The molecule has 0 bridgehead atoms. The van der Waals surface area contributed by atoms with Crippen molar-refractivity contribution in [3.05, 3.63) is 0 Å². The van der Waals surface area contributed by atoms with Gasteiger partial charge < -0.3 is 40.5 Å². The summed E-state index contributed by atoms with van der Waals surface area (Å²) < 4.78 is 0. The summed E-state index contributed by atoms with van der Waals surface area (Å²) in [5, 5.41) is 0. The van der Waals surface area contributed by atoms with E-state index in [4.69, 9.17) is 0 Å². The summed E-state index contributed by atoms with van der Waals surface area (Å²) >= 11 is 0. The molecule has 0 aromatic carbocycles. The van der Waals surface area contributed by atoms with Crippen LogP contribution >= 0.6 is 0 Å². The maximum Gasteiger partial charge on any atom is -0.369 e. The average molecular weight is 126 g/mol. The molecule has 0 aromatic rings. The lowest BCUT2D eigenvalue weighted by molar-refractivity contribution is -0.00000530. The maximum atomic E-state index is 0. The Balaban J connectivity index is 0. The minimum atomic E-state index is 0. The summed E-state index contributed by atoms with van der Waals surface area (Å²) in [6.07, 6.45) is 0. The minimum absolute atomic E-state index is 0. The van der Waals surface area contributed by atoms with Crippen LogP contribution < -0.4 is 18.6 Å². The Morgan fingerprint density at radius 2 is 0.500 bits per heavy atom. The van der Waals surface area contributed by atoms with Gasteiger partial charge in [0.05, 0.1) is 0 Å². The molecule has 0 unspecified atom stereocenters. The van der Waals surface area contributed by atoms with E-state index in [0.29, 0.717) is 0 Å². The van der Waals surface area contributed by atoms with Crippen LogP contribution in [0.5, 0.6) is 0 Å². The van der Waals surface area contributed by atoms with Gasteiger partial charge in [-0.2, -0.15) is 0 Å². The molecule has 0 spiro atoms. The van der Waals surface area contributed by atoms with Crippen LogP contribution in [-0.2, 0) is 0 Å². The molecule has 0 atom stereocenters. The van der Waals surface area contributed by atoms with Crippen LogP contribution in [0.3, 0.4) is 0 Å². The molecule has 48 valence electrons. The highest BCUT2D eigenvalue weighted by molar-refractivity contribution is 2.13. The van der Waals surface area contributed by atoms with Crippen molar-refractivity contribution >= 4 is 0 Å². The first-order valence-corrected chi connectivity index (χ1v) is 0. The molecule has 0 aliphatic carbocycles. The SMILES string of the molecule is O.O.O.O.[Cl-].[NH4+]. The third kappa shape index (κ3) is 4820. The quantitative estimate of drug-likeness (QED) is 0.326. The third-order valence-electron chi connectivity index (χ3n) is 0. The summed E-state index contributed by atoms with van der Waals surface area (Å²) in [5.41, 5.74) is 0. The topological polar surface area (TPSA) is 162 Å². The predicted molar refractivity (Wildman–Crippen MR) is 20.4 cm³/mol. The van der Waals surface area contributed by atoms with Gasteiger partial charge in [-0.05, 0) is 0 Å². The van der Waals surface area contributed by atoms with Crippen molar-refractivity contribution in [2.24, 2.45) is 0 Å². The monoisotopic (exact) mass is 125 g/mol. The summed E-state index contributed by atoms with van der Waals surface area (Å²) in [6.45, 7) is 0. The highest BCUT2D eigenvalue weighted by Crippen LogP contribution is -0.286. The van der Waals surface area contributed by atoms with Gasteiger partial charge in [-0.15, -0.1) is 0 Å². The molecular formula is H12ClNO4. The number of hydrogen-bond acceptors (Lipinski definition) is 0. The van der Waals surface area contributed by atoms with Crippen LogP contribution in [0, 0.1) is 0 Å². The average Bonchev–Trinajstić information content (AvgIpc) is 0. The van der Waals surface area contributed by atoms with Gasteiger partial charge in [0.15, 0.2) is 0 Å². The second-order valence-corrected chi connectivity index (χ2v) is 0. The van der Waals surface area contributed by atoms with Crippen LogP contribution in [0.2, 0.25) is 0 Å². The van der Waals surface area contributed by atoms with E-state index in [0.717, 1.165) is 0 Å². The van der Waals surface area contributed by atoms with E-state index < -0.39 is 0 Å². The first-order chi connectivity index (χ1) is 0. The Morgan fingerprint density at radius 1 is 0.500 bits per heavy atom. The van der Waals surface area contributed by atoms with E-state index in [1.54, 1.807) is 0 Å². The van der Waals surface area contributed by atoms with Crippen molar-refractivity contribution in [3.8, 4) is 0 Å². The Bertz CT molecular complexity index is 7.51. The van der Waals surface area contributed by atoms with Crippen LogP contribution in [0.15, 0.2) is 0 Å². The highest BCUT2D eigenvalue weighted by Gasteiger charge is -0.369. The Morgan fingerprint density at radius 3 is 0.500 bits per heavy atom. The lowest BCUT2D eigenvalue weighted by Crippen LogP contribution is -3.00. The summed E-state index contributed by atoms with van der Waals surface area (Å²) in [4.78, 5) is 0. The van der Waals surface area contributed by atoms with Crippen molar-refractivity contribution in [2.75, 3.05) is 0 Å². The van der Waals surface area contributed by atoms with Gasteiger partial charge in [-0.3, -0.25) is 0 Å². The van der Waals surface area contributed by atoms with Crippen LogP contribution in [-0.4, -0.2) is 21.9 Å². The molecule has 0 radical (unpaired) electrons.